The van der Waals surface area contributed by atoms with E-state index in [1.54, 1.807) is 6.07 Å². The normalized spacial score (nSPS) is 10.8. The lowest BCUT2D eigenvalue weighted by atomic mass is 10.1. The Labute approximate surface area is 120 Å². The number of non-ortho nitro benzene ring substituents is 1. The zero-order valence-electron chi connectivity index (χ0n) is 12.5. The summed E-state index contributed by atoms with van der Waals surface area (Å²) in [5.41, 5.74) is 0.945. The number of unbranched alkanes of at least 4 members (excludes halogenated alkanes) is 1. The molecule has 0 saturated carbocycles. The Kier molecular flexibility index (Phi) is 7.01. The quantitative estimate of drug-likeness (QED) is 0.427. The van der Waals surface area contributed by atoms with Gasteiger partial charge in [-0.1, -0.05) is 26.7 Å². The Hall–Kier alpha value is -1.62. The van der Waals surface area contributed by atoms with Crippen molar-refractivity contribution < 1.29 is 9.66 Å². The maximum atomic E-state index is 10.8. The highest BCUT2D eigenvalue weighted by Gasteiger charge is 2.09. The van der Waals surface area contributed by atoms with Crippen LogP contribution < -0.4 is 10.1 Å². The minimum Gasteiger partial charge on any atom is -0.496 e. The molecule has 5 nitrogen and oxygen atoms in total. The summed E-state index contributed by atoms with van der Waals surface area (Å²) < 4.78 is 5.08. The lowest BCUT2D eigenvalue weighted by Crippen LogP contribution is -2.15. The van der Waals surface area contributed by atoms with Gasteiger partial charge in [-0.15, -0.1) is 0 Å². The van der Waals surface area contributed by atoms with Gasteiger partial charge >= 0.3 is 0 Å². The van der Waals surface area contributed by atoms with Crippen LogP contribution in [0.3, 0.4) is 0 Å². The minimum atomic E-state index is -0.394. The van der Waals surface area contributed by atoms with Crippen LogP contribution in [0.5, 0.6) is 5.75 Å². The van der Waals surface area contributed by atoms with E-state index in [0.717, 1.165) is 24.4 Å². The van der Waals surface area contributed by atoms with Crippen LogP contribution in [0.15, 0.2) is 18.2 Å². The first-order chi connectivity index (χ1) is 9.52. The molecule has 0 atom stereocenters. The largest absolute Gasteiger partial charge is 0.496 e. The SMILES string of the molecule is COc1cc(CNCCCCC(C)C)cc([N+](=O)[O-])c1. The van der Waals surface area contributed by atoms with Crippen molar-refractivity contribution in [3.8, 4) is 5.75 Å². The second-order valence-corrected chi connectivity index (χ2v) is 5.36. The molecule has 1 N–H and O–H groups in total. The predicted molar refractivity (Wildman–Crippen MR) is 80.0 cm³/mol. The van der Waals surface area contributed by atoms with E-state index in [1.165, 1.54) is 26.0 Å². The molecule has 0 unspecified atom stereocenters. The first-order valence-corrected chi connectivity index (χ1v) is 7.06. The highest BCUT2D eigenvalue weighted by atomic mass is 16.6. The summed E-state index contributed by atoms with van der Waals surface area (Å²) in [7, 11) is 1.52. The fourth-order valence-electron chi connectivity index (χ4n) is 2.00. The van der Waals surface area contributed by atoms with Gasteiger partial charge in [0, 0.05) is 12.6 Å². The summed E-state index contributed by atoms with van der Waals surface area (Å²) in [6, 6.07) is 4.85. The Morgan fingerprint density at radius 3 is 2.65 bits per heavy atom. The first-order valence-electron chi connectivity index (χ1n) is 7.06. The summed E-state index contributed by atoms with van der Waals surface area (Å²) in [4.78, 5) is 10.4. The Morgan fingerprint density at radius 1 is 1.30 bits per heavy atom. The molecule has 0 fully saturated rings. The number of hydrogen-bond acceptors (Lipinski definition) is 4. The molecule has 0 aromatic heterocycles. The molecule has 112 valence electrons. The Bertz CT molecular complexity index is 433. The molecule has 0 amide bonds. The molecule has 1 aromatic rings. The van der Waals surface area contributed by atoms with Crippen molar-refractivity contribution in [3.05, 3.63) is 33.9 Å². The number of hydrogen-bond donors (Lipinski definition) is 1. The third kappa shape index (κ3) is 6.02. The maximum Gasteiger partial charge on any atom is 0.273 e. The van der Waals surface area contributed by atoms with Gasteiger partial charge in [-0.2, -0.15) is 0 Å². The van der Waals surface area contributed by atoms with Crippen molar-refractivity contribution in [1.82, 2.24) is 5.32 Å². The number of methoxy groups -OCH3 is 1. The zero-order valence-corrected chi connectivity index (χ0v) is 12.5. The molecule has 0 aliphatic heterocycles. The molecule has 5 heteroatoms. The molecular weight excluding hydrogens is 256 g/mol. The van der Waals surface area contributed by atoms with Gasteiger partial charge in [-0.25, -0.2) is 0 Å². The van der Waals surface area contributed by atoms with Gasteiger partial charge in [0.1, 0.15) is 5.75 Å². The van der Waals surface area contributed by atoms with E-state index in [-0.39, 0.29) is 5.69 Å². The molecule has 0 aliphatic rings. The van der Waals surface area contributed by atoms with Gasteiger partial charge in [0.05, 0.1) is 18.1 Å². The Morgan fingerprint density at radius 2 is 2.05 bits per heavy atom. The van der Waals surface area contributed by atoms with Crippen LogP contribution in [0.1, 0.15) is 38.7 Å². The average Bonchev–Trinajstić information content (AvgIpc) is 2.41. The summed E-state index contributed by atoms with van der Waals surface area (Å²) in [6.07, 6.45) is 3.58. The van der Waals surface area contributed by atoms with E-state index in [4.69, 9.17) is 4.74 Å². The van der Waals surface area contributed by atoms with Gasteiger partial charge in [0.25, 0.3) is 5.69 Å². The monoisotopic (exact) mass is 280 g/mol. The fraction of sp³-hybridized carbons (Fsp3) is 0.600. The fourth-order valence-corrected chi connectivity index (χ4v) is 2.00. The van der Waals surface area contributed by atoms with Crippen molar-refractivity contribution >= 4 is 5.69 Å². The van der Waals surface area contributed by atoms with Gasteiger partial charge in [-0.05, 0) is 30.5 Å². The number of nitro groups is 1. The smallest absolute Gasteiger partial charge is 0.273 e. The van der Waals surface area contributed by atoms with Crippen molar-refractivity contribution in [2.24, 2.45) is 5.92 Å². The minimum absolute atomic E-state index is 0.0703. The number of ether oxygens (including phenoxy) is 1. The van der Waals surface area contributed by atoms with Crippen LogP contribution >= 0.6 is 0 Å². The summed E-state index contributed by atoms with van der Waals surface area (Å²) >= 11 is 0. The molecule has 0 aliphatic carbocycles. The van der Waals surface area contributed by atoms with Gasteiger partial charge < -0.3 is 10.1 Å². The second-order valence-electron chi connectivity index (χ2n) is 5.36. The first kappa shape index (κ1) is 16.4. The lowest BCUT2D eigenvalue weighted by Gasteiger charge is -2.08. The third-order valence-corrected chi connectivity index (χ3v) is 3.11. The van der Waals surface area contributed by atoms with Crippen molar-refractivity contribution in [2.75, 3.05) is 13.7 Å². The summed E-state index contributed by atoms with van der Waals surface area (Å²) in [5.74, 6) is 1.27. The van der Waals surface area contributed by atoms with Gasteiger partial charge in [0.2, 0.25) is 0 Å². The van der Waals surface area contributed by atoms with Crippen molar-refractivity contribution in [1.29, 1.82) is 0 Å². The molecule has 1 rings (SSSR count). The second kappa shape index (κ2) is 8.53. The molecule has 0 bridgehead atoms. The van der Waals surface area contributed by atoms with E-state index in [1.807, 2.05) is 6.07 Å². The number of nitrogens with one attached hydrogen (secondary N) is 1. The highest BCUT2D eigenvalue weighted by molar-refractivity contribution is 5.42. The molecule has 0 saturated heterocycles. The topological polar surface area (TPSA) is 64.4 Å². The van der Waals surface area contributed by atoms with E-state index < -0.39 is 4.92 Å². The van der Waals surface area contributed by atoms with Crippen LogP contribution in [0.25, 0.3) is 0 Å². The lowest BCUT2D eigenvalue weighted by molar-refractivity contribution is -0.385. The van der Waals surface area contributed by atoms with Gasteiger partial charge in [-0.3, -0.25) is 10.1 Å². The molecule has 20 heavy (non-hydrogen) atoms. The summed E-state index contributed by atoms with van der Waals surface area (Å²) in [5, 5.41) is 14.1. The van der Waals surface area contributed by atoms with Crippen molar-refractivity contribution in [3.63, 3.8) is 0 Å². The zero-order chi connectivity index (χ0) is 15.0. The maximum absolute atomic E-state index is 10.8. The standard InChI is InChI=1S/C15H24N2O3/c1-12(2)6-4-5-7-16-11-13-8-14(17(18)19)10-15(9-13)20-3/h8-10,12,16H,4-7,11H2,1-3H3. The molecule has 0 heterocycles. The Balaban J connectivity index is 2.43. The third-order valence-electron chi connectivity index (χ3n) is 3.11. The molecular formula is C15H24N2O3. The molecule has 0 spiro atoms. The number of nitro benzene ring substituents is 1. The van der Waals surface area contributed by atoms with Crippen LogP contribution in [-0.4, -0.2) is 18.6 Å². The number of nitrogens with zero attached hydrogens (tertiary/aromatic N) is 1. The number of rotatable bonds is 9. The van der Waals surface area contributed by atoms with E-state index in [2.05, 4.69) is 19.2 Å². The van der Waals surface area contributed by atoms with E-state index in [0.29, 0.717) is 12.3 Å². The highest BCUT2D eigenvalue weighted by Crippen LogP contribution is 2.22. The van der Waals surface area contributed by atoms with E-state index in [9.17, 15) is 10.1 Å². The predicted octanol–water partition coefficient (Wildman–Crippen LogP) is 3.52. The number of benzene rings is 1. The average molecular weight is 280 g/mol. The van der Waals surface area contributed by atoms with E-state index >= 15 is 0 Å². The van der Waals surface area contributed by atoms with Crippen LogP contribution in [-0.2, 0) is 6.54 Å². The molecule has 0 radical (unpaired) electrons. The van der Waals surface area contributed by atoms with Crippen LogP contribution in [0.2, 0.25) is 0 Å². The van der Waals surface area contributed by atoms with Crippen molar-refractivity contribution in [2.45, 2.75) is 39.7 Å². The summed E-state index contributed by atoms with van der Waals surface area (Å²) in [6.45, 7) is 6.00. The van der Waals surface area contributed by atoms with Crippen LogP contribution in [0, 0.1) is 16.0 Å². The van der Waals surface area contributed by atoms with Crippen LogP contribution in [0.4, 0.5) is 5.69 Å². The van der Waals surface area contributed by atoms with Gasteiger partial charge in [0.15, 0.2) is 0 Å². The molecule has 1 aromatic carbocycles.